The zero-order valence-corrected chi connectivity index (χ0v) is 13.9. The lowest BCUT2D eigenvalue weighted by molar-refractivity contribution is 0.0614. The van der Waals surface area contributed by atoms with Crippen molar-refractivity contribution in [3.05, 3.63) is 60.4 Å². The molecule has 1 N–H and O–H groups in total. The zero-order valence-electron chi connectivity index (χ0n) is 13.9. The van der Waals surface area contributed by atoms with Crippen molar-refractivity contribution in [3.8, 4) is 5.69 Å². The minimum absolute atomic E-state index is 0.122. The van der Waals surface area contributed by atoms with Crippen molar-refractivity contribution in [1.29, 1.82) is 0 Å². The highest BCUT2D eigenvalue weighted by molar-refractivity contribution is 5.92. The summed E-state index contributed by atoms with van der Waals surface area (Å²) in [5.74, 6) is 0.729. The van der Waals surface area contributed by atoms with Crippen LogP contribution in [0.15, 0.2) is 48.9 Å². The van der Waals surface area contributed by atoms with E-state index in [1.54, 1.807) is 6.20 Å². The molecule has 1 aliphatic heterocycles. The number of para-hydroxylation sites is 1. The smallest absolute Gasteiger partial charge is 0.276 e. The maximum absolute atomic E-state index is 13.0. The largest absolute Gasteiger partial charge is 0.336 e. The summed E-state index contributed by atoms with van der Waals surface area (Å²) in [6.07, 6.45) is 5.16. The third-order valence-corrected chi connectivity index (χ3v) is 4.36. The topological polar surface area (TPSA) is 80.9 Å². The first-order valence-corrected chi connectivity index (χ1v) is 8.21. The van der Waals surface area contributed by atoms with Crippen LogP contribution >= 0.6 is 0 Å². The number of nitrogens with one attached hydrogen (secondary N) is 1. The van der Waals surface area contributed by atoms with Crippen molar-refractivity contribution in [3.63, 3.8) is 0 Å². The monoisotopic (exact) mass is 337 g/mol. The Balaban J connectivity index is 1.61. The third-order valence-electron chi connectivity index (χ3n) is 4.36. The van der Waals surface area contributed by atoms with E-state index < -0.39 is 0 Å². The number of hydrogen-bond donors (Lipinski definition) is 1. The predicted octanol–water partition coefficient (Wildman–Crippen LogP) is 0.787. The number of benzene rings is 1. The Bertz CT molecular complexity index is 870. The van der Waals surface area contributed by atoms with Crippen molar-refractivity contribution in [2.24, 2.45) is 7.05 Å². The van der Waals surface area contributed by atoms with Crippen molar-refractivity contribution in [2.75, 3.05) is 19.6 Å². The highest BCUT2D eigenvalue weighted by Gasteiger charge is 2.32. The van der Waals surface area contributed by atoms with Crippen LogP contribution in [-0.4, -0.2) is 55.0 Å². The lowest BCUT2D eigenvalue weighted by Gasteiger charge is -2.35. The third kappa shape index (κ3) is 2.91. The number of carbonyl (C=O) groups excluding carboxylic acids is 1. The van der Waals surface area contributed by atoms with Crippen LogP contribution in [0.1, 0.15) is 22.4 Å². The van der Waals surface area contributed by atoms with Crippen LogP contribution in [0, 0.1) is 0 Å². The molecule has 1 unspecified atom stereocenters. The Morgan fingerprint density at radius 1 is 1.28 bits per heavy atom. The maximum Gasteiger partial charge on any atom is 0.276 e. The van der Waals surface area contributed by atoms with Crippen LogP contribution in [0.5, 0.6) is 0 Å². The van der Waals surface area contributed by atoms with Gasteiger partial charge in [-0.1, -0.05) is 18.2 Å². The molecule has 25 heavy (non-hydrogen) atoms. The first-order chi connectivity index (χ1) is 12.2. The fourth-order valence-electron chi connectivity index (χ4n) is 3.07. The van der Waals surface area contributed by atoms with Crippen molar-refractivity contribution in [2.45, 2.75) is 6.04 Å². The number of amides is 1. The second kappa shape index (κ2) is 6.48. The Morgan fingerprint density at radius 2 is 2.12 bits per heavy atom. The van der Waals surface area contributed by atoms with Gasteiger partial charge >= 0.3 is 0 Å². The van der Waals surface area contributed by atoms with Crippen molar-refractivity contribution in [1.82, 2.24) is 34.8 Å². The van der Waals surface area contributed by atoms with Gasteiger partial charge in [-0.15, -0.1) is 5.10 Å². The van der Waals surface area contributed by atoms with Crippen molar-refractivity contribution >= 4 is 5.91 Å². The van der Waals surface area contributed by atoms with Crippen molar-refractivity contribution < 1.29 is 4.79 Å². The molecule has 8 heteroatoms. The van der Waals surface area contributed by atoms with Crippen LogP contribution in [0.4, 0.5) is 0 Å². The Labute approximate surface area is 145 Å². The van der Waals surface area contributed by atoms with Gasteiger partial charge in [0, 0.05) is 39.1 Å². The molecule has 0 spiro atoms. The van der Waals surface area contributed by atoms with Gasteiger partial charge in [0.1, 0.15) is 11.9 Å². The molecule has 0 aliphatic carbocycles. The van der Waals surface area contributed by atoms with Gasteiger partial charge in [0.05, 0.1) is 11.9 Å². The quantitative estimate of drug-likeness (QED) is 0.764. The SMILES string of the molecule is Cn1ccnc1C1CNCCN1C(=O)c1cnn(-c2ccccc2)n1. The van der Waals surface area contributed by atoms with E-state index in [2.05, 4.69) is 20.5 Å². The molecule has 4 rings (SSSR count). The average molecular weight is 337 g/mol. The number of aromatic nitrogens is 5. The molecule has 1 amide bonds. The van der Waals surface area contributed by atoms with E-state index in [1.807, 2.05) is 53.0 Å². The Morgan fingerprint density at radius 3 is 2.88 bits per heavy atom. The first kappa shape index (κ1) is 15.5. The van der Waals surface area contributed by atoms with Gasteiger partial charge in [-0.05, 0) is 12.1 Å². The molecule has 1 aliphatic rings. The van der Waals surface area contributed by atoms with E-state index in [0.717, 1.165) is 18.1 Å². The van der Waals surface area contributed by atoms with E-state index >= 15 is 0 Å². The van der Waals surface area contributed by atoms with E-state index in [1.165, 1.54) is 11.0 Å². The van der Waals surface area contributed by atoms with Gasteiger partial charge in [0.25, 0.3) is 5.91 Å². The number of nitrogens with zero attached hydrogens (tertiary/aromatic N) is 6. The van der Waals surface area contributed by atoms with E-state index in [4.69, 9.17) is 0 Å². The standard InChI is InChI=1S/C17H19N7O/c1-22-9-8-19-16(22)15-12-18-7-10-23(15)17(25)14-11-20-24(21-14)13-5-3-2-4-6-13/h2-6,8-9,11,15,18H,7,10,12H2,1H3. The summed E-state index contributed by atoms with van der Waals surface area (Å²) in [5, 5.41) is 11.9. The van der Waals surface area contributed by atoms with Crippen LogP contribution in [0.2, 0.25) is 0 Å². The molecule has 2 aromatic heterocycles. The Kier molecular flexibility index (Phi) is 4.02. The van der Waals surface area contributed by atoms with Gasteiger partial charge in [-0.25, -0.2) is 4.98 Å². The van der Waals surface area contributed by atoms with Crippen LogP contribution < -0.4 is 5.32 Å². The molecule has 1 atom stereocenters. The minimum atomic E-state index is -0.128. The summed E-state index contributed by atoms with van der Waals surface area (Å²) in [4.78, 5) is 20.7. The summed E-state index contributed by atoms with van der Waals surface area (Å²) in [7, 11) is 1.94. The fraction of sp³-hybridized carbons (Fsp3) is 0.294. The molecule has 0 bridgehead atoms. The first-order valence-electron chi connectivity index (χ1n) is 8.21. The average Bonchev–Trinajstić information content (AvgIpc) is 3.31. The van der Waals surface area contributed by atoms with E-state index in [9.17, 15) is 4.79 Å². The van der Waals surface area contributed by atoms with Crippen LogP contribution in [-0.2, 0) is 7.05 Å². The summed E-state index contributed by atoms with van der Waals surface area (Å²) in [6, 6.07) is 9.42. The van der Waals surface area contributed by atoms with Crippen LogP contribution in [0.25, 0.3) is 5.69 Å². The molecule has 1 fully saturated rings. The predicted molar refractivity (Wildman–Crippen MR) is 91.2 cm³/mol. The number of aryl methyl sites for hydroxylation is 1. The molecule has 3 heterocycles. The van der Waals surface area contributed by atoms with Gasteiger partial charge in [-0.3, -0.25) is 4.79 Å². The second-order valence-corrected chi connectivity index (χ2v) is 5.97. The lowest BCUT2D eigenvalue weighted by Crippen LogP contribution is -2.49. The number of carbonyl (C=O) groups is 1. The fourth-order valence-corrected chi connectivity index (χ4v) is 3.07. The lowest BCUT2D eigenvalue weighted by atomic mass is 10.1. The molecular formula is C17H19N7O. The Hall–Kier alpha value is -3.00. The molecule has 128 valence electrons. The number of imidazole rings is 1. The van der Waals surface area contributed by atoms with E-state index in [0.29, 0.717) is 18.8 Å². The minimum Gasteiger partial charge on any atom is -0.336 e. The molecule has 0 saturated carbocycles. The second-order valence-electron chi connectivity index (χ2n) is 5.97. The maximum atomic E-state index is 13.0. The highest BCUT2D eigenvalue weighted by Crippen LogP contribution is 2.22. The molecule has 0 radical (unpaired) electrons. The number of hydrogen-bond acceptors (Lipinski definition) is 5. The van der Waals surface area contributed by atoms with Crippen LogP contribution in [0.3, 0.4) is 0 Å². The molecule has 1 saturated heterocycles. The zero-order chi connectivity index (χ0) is 17.2. The van der Waals surface area contributed by atoms with Gasteiger partial charge < -0.3 is 14.8 Å². The summed E-state index contributed by atoms with van der Waals surface area (Å²) in [6.45, 7) is 2.03. The highest BCUT2D eigenvalue weighted by atomic mass is 16.2. The van der Waals surface area contributed by atoms with Gasteiger partial charge in [0.2, 0.25) is 0 Å². The summed E-state index contributed by atoms with van der Waals surface area (Å²) in [5.41, 5.74) is 1.16. The molecule has 8 nitrogen and oxygen atoms in total. The molecular weight excluding hydrogens is 318 g/mol. The normalized spacial score (nSPS) is 17.6. The molecule has 3 aromatic rings. The number of rotatable bonds is 3. The molecule has 1 aromatic carbocycles. The summed E-state index contributed by atoms with van der Waals surface area (Å²) < 4.78 is 1.94. The van der Waals surface area contributed by atoms with Gasteiger partial charge in [-0.2, -0.15) is 9.90 Å². The number of piperazine rings is 1. The van der Waals surface area contributed by atoms with Gasteiger partial charge in [0.15, 0.2) is 5.69 Å². The van der Waals surface area contributed by atoms with E-state index in [-0.39, 0.29) is 11.9 Å². The summed E-state index contributed by atoms with van der Waals surface area (Å²) >= 11 is 0.